The van der Waals surface area contributed by atoms with Gasteiger partial charge in [0, 0.05) is 24.3 Å². The molecule has 0 saturated heterocycles. The summed E-state index contributed by atoms with van der Waals surface area (Å²) >= 11 is 6.19. The first-order chi connectivity index (χ1) is 13.9. The number of hydrogen-bond acceptors (Lipinski definition) is 4. The maximum Gasteiger partial charge on any atom is 0.339 e. The van der Waals surface area contributed by atoms with E-state index in [1.165, 1.54) is 34.9 Å². The molecule has 3 aromatic rings. The van der Waals surface area contributed by atoms with Crippen LogP contribution in [0.4, 0.5) is 5.69 Å². The molecule has 0 aliphatic heterocycles. The molecule has 0 N–H and O–H groups in total. The van der Waals surface area contributed by atoms with Gasteiger partial charge in [0.2, 0.25) is 0 Å². The fourth-order valence-corrected chi connectivity index (χ4v) is 3.14. The summed E-state index contributed by atoms with van der Waals surface area (Å²) in [5.74, 6) is -0.904. The zero-order valence-corrected chi connectivity index (χ0v) is 16.7. The van der Waals surface area contributed by atoms with E-state index in [4.69, 9.17) is 16.3 Å². The predicted molar refractivity (Wildman–Crippen MR) is 112 cm³/mol. The molecule has 0 bridgehead atoms. The van der Waals surface area contributed by atoms with E-state index >= 15 is 0 Å². The lowest BCUT2D eigenvalue weighted by Gasteiger charge is -2.20. The minimum atomic E-state index is -0.538. The molecule has 0 aliphatic rings. The van der Waals surface area contributed by atoms with Gasteiger partial charge in [-0.05, 0) is 29.8 Å². The summed E-state index contributed by atoms with van der Waals surface area (Å²) < 4.78 is 6.22. The van der Waals surface area contributed by atoms with Crippen LogP contribution in [0.5, 0.6) is 0 Å². The molecule has 7 heteroatoms. The summed E-state index contributed by atoms with van der Waals surface area (Å²) in [6, 6.07) is 16.7. The van der Waals surface area contributed by atoms with Crippen molar-refractivity contribution in [1.29, 1.82) is 0 Å². The molecule has 148 valence electrons. The van der Waals surface area contributed by atoms with Crippen molar-refractivity contribution in [2.45, 2.75) is 6.54 Å². The molecular weight excluding hydrogens is 392 g/mol. The average molecular weight is 411 g/mol. The third kappa shape index (κ3) is 4.38. The number of aromatic nitrogens is 1. The molecule has 3 rings (SSSR count). The van der Waals surface area contributed by atoms with Crippen molar-refractivity contribution in [2.24, 2.45) is 0 Å². The molecule has 0 atom stereocenters. The Balaban J connectivity index is 1.94. The van der Waals surface area contributed by atoms with E-state index in [9.17, 15) is 14.4 Å². The summed E-state index contributed by atoms with van der Waals surface area (Å²) in [4.78, 5) is 38.7. The highest BCUT2D eigenvalue weighted by molar-refractivity contribution is 6.31. The van der Waals surface area contributed by atoms with Crippen molar-refractivity contribution in [1.82, 2.24) is 4.57 Å². The number of carbonyl (C=O) groups excluding carboxylic acids is 2. The monoisotopic (exact) mass is 410 g/mol. The fraction of sp³-hybridized carbons (Fsp3) is 0.136. The Hall–Kier alpha value is -3.38. The van der Waals surface area contributed by atoms with Crippen LogP contribution in [0.25, 0.3) is 0 Å². The Morgan fingerprint density at radius 2 is 1.72 bits per heavy atom. The number of nitrogens with zero attached hydrogens (tertiary/aromatic N) is 2. The highest BCUT2D eigenvalue weighted by atomic mass is 35.5. The van der Waals surface area contributed by atoms with Crippen LogP contribution in [0.1, 0.15) is 26.3 Å². The quantitative estimate of drug-likeness (QED) is 0.602. The normalized spacial score (nSPS) is 10.4. The second kappa shape index (κ2) is 8.75. The van der Waals surface area contributed by atoms with Crippen molar-refractivity contribution in [3.05, 3.63) is 98.9 Å². The second-order valence-electron chi connectivity index (χ2n) is 6.35. The van der Waals surface area contributed by atoms with Crippen LogP contribution in [-0.2, 0) is 11.3 Å². The number of rotatable bonds is 5. The number of methoxy groups -OCH3 is 1. The third-order valence-corrected chi connectivity index (χ3v) is 4.87. The number of pyridine rings is 1. The van der Waals surface area contributed by atoms with Crippen LogP contribution in [-0.4, -0.2) is 30.6 Å². The number of anilines is 1. The summed E-state index contributed by atoms with van der Waals surface area (Å²) in [5.41, 5.74) is 1.51. The van der Waals surface area contributed by atoms with Crippen LogP contribution in [0, 0.1) is 0 Å². The molecule has 0 fully saturated rings. The van der Waals surface area contributed by atoms with Crippen LogP contribution >= 0.6 is 11.6 Å². The number of para-hydroxylation sites is 1. The zero-order valence-electron chi connectivity index (χ0n) is 16.0. The van der Waals surface area contributed by atoms with Gasteiger partial charge in [0.25, 0.3) is 11.5 Å². The fourth-order valence-electron chi connectivity index (χ4n) is 2.94. The highest BCUT2D eigenvalue weighted by Gasteiger charge is 2.20. The molecule has 1 amide bonds. The first-order valence-electron chi connectivity index (χ1n) is 8.81. The molecular formula is C22H19ClN2O4. The van der Waals surface area contributed by atoms with Gasteiger partial charge >= 0.3 is 5.97 Å². The van der Waals surface area contributed by atoms with Gasteiger partial charge in [0.05, 0.1) is 30.5 Å². The minimum absolute atomic E-state index is 0.238. The summed E-state index contributed by atoms with van der Waals surface area (Å²) in [6.45, 7) is 0.238. The van der Waals surface area contributed by atoms with E-state index in [2.05, 4.69) is 0 Å². The van der Waals surface area contributed by atoms with Crippen LogP contribution in [0.2, 0.25) is 5.02 Å². The standard InChI is InChI=1S/C22H19ClN2O4/c1-24(19-10-6-4-8-17(19)22(28)29-2)21(27)16-11-12-20(26)25(14-16)13-15-7-3-5-9-18(15)23/h3-12,14H,13H2,1-2H3. The van der Waals surface area contributed by atoms with Gasteiger partial charge in [0.1, 0.15) is 0 Å². The molecule has 29 heavy (non-hydrogen) atoms. The Bertz CT molecular complexity index is 1120. The van der Waals surface area contributed by atoms with Gasteiger partial charge in [0.15, 0.2) is 0 Å². The average Bonchev–Trinajstić information content (AvgIpc) is 2.75. The number of amides is 1. The smallest absolute Gasteiger partial charge is 0.339 e. The van der Waals surface area contributed by atoms with Gasteiger partial charge < -0.3 is 14.2 Å². The molecule has 0 spiro atoms. The lowest BCUT2D eigenvalue weighted by Crippen LogP contribution is -2.30. The molecule has 6 nitrogen and oxygen atoms in total. The number of hydrogen-bond donors (Lipinski definition) is 0. The maximum atomic E-state index is 13.0. The van der Waals surface area contributed by atoms with Gasteiger partial charge in [-0.2, -0.15) is 0 Å². The molecule has 2 aromatic carbocycles. The predicted octanol–water partition coefficient (Wildman–Crippen LogP) is 3.61. The summed E-state index contributed by atoms with van der Waals surface area (Å²) in [7, 11) is 2.85. The highest BCUT2D eigenvalue weighted by Crippen LogP contribution is 2.22. The van der Waals surface area contributed by atoms with Crippen molar-refractivity contribution < 1.29 is 14.3 Å². The Labute approximate surface area is 172 Å². The van der Waals surface area contributed by atoms with Crippen LogP contribution in [0.15, 0.2) is 71.7 Å². The van der Waals surface area contributed by atoms with Gasteiger partial charge in [-0.15, -0.1) is 0 Å². The number of carbonyl (C=O) groups is 2. The second-order valence-corrected chi connectivity index (χ2v) is 6.76. The van der Waals surface area contributed by atoms with Crippen LogP contribution < -0.4 is 10.5 Å². The van der Waals surface area contributed by atoms with Crippen molar-refractivity contribution in [3.63, 3.8) is 0 Å². The largest absolute Gasteiger partial charge is 0.465 e. The summed E-state index contributed by atoms with van der Waals surface area (Å²) in [5, 5.41) is 0.542. The van der Waals surface area contributed by atoms with Gasteiger partial charge in [-0.25, -0.2) is 4.79 Å². The zero-order chi connectivity index (χ0) is 21.0. The Morgan fingerprint density at radius 1 is 1.03 bits per heavy atom. The first-order valence-corrected chi connectivity index (χ1v) is 9.19. The van der Waals surface area contributed by atoms with Crippen molar-refractivity contribution in [2.75, 3.05) is 19.1 Å². The number of benzene rings is 2. The Morgan fingerprint density at radius 3 is 2.45 bits per heavy atom. The Kier molecular flexibility index (Phi) is 6.14. The van der Waals surface area contributed by atoms with E-state index in [0.29, 0.717) is 16.3 Å². The SMILES string of the molecule is COC(=O)c1ccccc1N(C)C(=O)c1ccc(=O)n(Cc2ccccc2Cl)c1. The van der Waals surface area contributed by atoms with E-state index in [-0.39, 0.29) is 23.6 Å². The third-order valence-electron chi connectivity index (χ3n) is 4.50. The number of ether oxygens (including phenoxy) is 1. The van der Waals surface area contributed by atoms with E-state index < -0.39 is 5.97 Å². The molecule has 1 heterocycles. The topological polar surface area (TPSA) is 68.6 Å². The van der Waals surface area contributed by atoms with E-state index in [0.717, 1.165) is 5.56 Å². The minimum Gasteiger partial charge on any atom is -0.465 e. The number of halogens is 1. The lowest BCUT2D eigenvalue weighted by atomic mass is 10.1. The van der Waals surface area contributed by atoms with Crippen molar-refractivity contribution >= 4 is 29.2 Å². The maximum absolute atomic E-state index is 13.0. The van der Waals surface area contributed by atoms with Crippen LogP contribution in [0.3, 0.4) is 0 Å². The van der Waals surface area contributed by atoms with Gasteiger partial charge in [-0.1, -0.05) is 41.9 Å². The summed E-state index contributed by atoms with van der Waals surface area (Å²) in [6.07, 6.45) is 1.49. The molecule has 0 aliphatic carbocycles. The molecule has 1 aromatic heterocycles. The number of esters is 1. The van der Waals surface area contributed by atoms with Crippen molar-refractivity contribution in [3.8, 4) is 0 Å². The first kappa shape index (κ1) is 20.4. The van der Waals surface area contributed by atoms with Gasteiger partial charge in [-0.3, -0.25) is 9.59 Å². The molecule has 0 saturated carbocycles. The lowest BCUT2D eigenvalue weighted by molar-refractivity contribution is 0.0601. The molecule has 0 unspecified atom stereocenters. The van der Waals surface area contributed by atoms with E-state index in [1.807, 2.05) is 18.2 Å². The molecule has 0 radical (unpaired) electrons. The van der Waals surface area contributed by atoms with E-state index in [1.54, 1.807) is 37.4 Å².